The van der Waals surface area contributed by atoms with Crippen molar-refractivity contribution < 1.29 is 14.3 Å². The minimum atomic E-state index is -0.272. The van der Waals surface area contributed by atoms with Gasteiger partial charge < -0.3 is 9.47 Å². The third-order valence-electron chi connectivity index (χ3n) is 4.50. The van der Waals surface area contributed by atoms with Crippen molar-refractivity contribution in [1.82, 2.24) is 5.43 Å². The quantitative estimate of drug-likeness (QED) is 0.444. The molecule has 0 unspecified atom stereocenters. The zero-order valence-electron chi connectivity index (χ0n) is 16.3. The number of nitrogens with zero attached hydrogens (tertiary/aromatic N) is 1. The topological polar surface area (TPSA) is 50.8 Å². The third-order valence-corrected chi connectivity index (χ3v) is 4.78. The molecule has 30 heavy (non-hydrogen) atoms. The van der Waals surface area contributed by atoms with Gasteiger partial charge in [0.25, 0.3) is 5.91 Å². The average Bonchev–Trinajstić information content (AvgIpc) is 3.03. The lowest BCUT2D eigenvalue weighted by Crippen LogP contribution is -2.37. The van der Waals surface area contributed by atoms with Gasteiger partial charge in [-0.3, -0.25) is 15.2 Å². The van der Waals surface area contributed by atoms with Gasteiger partial charge in [0.15, 0.2) is 11.5 Å². The summed E-state index contributed by atoms with van der Waals surface area (Å²) in [6.07, 6.45) is 3.96. The van der Waals surface area contributed by atoms with Crippen molar-refractivity contribution >= 4 is 35.0 Å². The Bertz CT molecular complexity index is 1000. The van der Waals surface area contributed by atoms with Crippen LogP contribution in [-0.2, 0) is 4.79 Å². The minimum Gasteiger partial charge on any atom is -0.489 e. The molecule has 6 heteroatoms. The van der Waals surface area contributed by atoms with Crippen LogP contribution in [0, 0.1) is 0 Å². The second-order valence-electron chi connectivity index (χ2n) is 6.70. The van der Waals surface area contributed by atoms with E-state index in [4.69, 9.17) is 21.1 Å². The third kappa shape index (κ3) is 4.75. The molecule has 0 spiro atoms. The van der Waals surface area contributed by atoms with E-state index in [1.165, 1.54) is 6.08 Å². The average molecular weight is 421 g/mol. The number of carbonyl (C=O) groups excluding carboxylic acids is 1. The molecule has 0 saturated heterocycles. The molecule has 0 aliphatic carbocycles. The molecule has 5 nitrogen and oxygen atoms in total. The predicted molar refractivity (Wildman–Crippen MR) is 119 cm³/mol. The molecule has 4 rings (SSSR count). The van der Waals surface area contributed by atoms with E-state index < -0.39 is 0 Å². The molecule has 3 aromatic rings. The van der Waals surface area contributed by atoms with Crippen molar-refractivity contribution in [3.63, 3.8) is 0 Å². The van der Waals surface area contributed by atoms with Crippen LogP contribution in [-0.4, -0.2) is 19.1 Å². The fourth-order valence-corrected chi connectivity index (χ4v) is 3.37. The molecule has 0 saturated carbocycles. The Kier molecular flexibility index (Phi) is 6.20. The van der Waals surface area contributed by atoms with Crippen LogP contribution in [0.15, 0.2) is 78.9 Å². The van der Waals surface area contributed by atoms with Crippen LogP contribution >= 0.6 is 11.6 Å². The van der Waals surface area contributed by atoms with Crippen molar-refractivity contribution in [3.05, 3.63) is 89.5 Å². The maximum absolute atomic E-state index is 12.7. The number of hydrogen-bond donors (Lipinski definition) is 1. The lowest BCUT2D eigenvalue weighted by molar-refractivity contribution is -0.116. The zero-order valence-corrected chi connectivity index (χ0v) is 17.0. The van der Waals surface area contributed by atoms with Crippen molar-refractivity contribution in [3.8, 4) is 11.5 Å². The van der Waals surface area contributed by atoms with Crippen LogP contribution < -0.4 is 19.9 Å². The first-order chi connectivity index (χ1) is 14.7. The number of halogens is 1. The second kappa shape index (κ2) is 9.37. The molecule has 0 aromatic heterocycles. The number of hydrogen-bond acceptors (Lipinski definition) is 4. The van der Waals surface area contributed by atoms with Crippen molar-refractivity contribution in [2.24, 2.45) is 0 Å². The molecule has 1 aliphatic heterocycles. The highest BCUT2D eigenvalue weighted by Crippen LogP contribution is 2.38. The Morgan fingerprint density at radius 1 is 0.933 bits per heavy atom. The number of carbonyl (C=O) groups is 1. The molecule has 152 valence electrons. The lowest BCUT2D eigenvalue weighted by atomic mass is 10.2. The standard InChI is InChI=1S/C24H21ClN2O3/c25-21-16-18(17-22-24(21)30-15-7-14-29-22)12-13-23(28)26-27(19-8-3-1-4-9-19)20-10-5-2-6-11-20/h1-6,8-13,16-17H,7,14-15H2,(H,26,28)/b13-12+. The van der Waals surface area contributed by atoms with Gasteiger partial charge in [0.2, 0.25) is 0 Å². The van der Waals surface area contributed by atoms with Gasteiger partial charge in [-0.1, -0.05) is 48.0 Å². The van der Waals surface area contributed by atoms with Gasteiger partial charge in [-0.2, -0.15) is 0 Å². The van der Waals surface area contributed by atoms with E-state index in [1.807, 2.05) is 66.7 Å². The Morgan fingerprint density at radius 2 is 1.57 bits per heavy atom. The summed E-state index contributed by atoms with van der Waals surface area (Å²) in [5, 5.41) is 2.21. The minimum absolute atomic E-state index is 0.272. The van der Waals surface area contributed by atoms with E-state index in [9.17, 15) is 4.79 Å². The highest BCUT2D eigenvalue weighted by Gasteiger charge is 2.15. The molecule has 0 bridgehead atoms. The normalized spacial score (nSPS) is 13.0. The van der Waals surface area contributed by atoms with E-state index >= 15 is 0 Å². The summed E-state index contributed by atoms with van der Waals surface area (Å²) < 4.78 is 11.3. The first kappa shape index (κ1) is 19.9. The first-order valence-corrected chi connectivity index (χ1v) is 10.1. The Morgan fingerprint density at radius 3 is 2.23 bits per heavy atom. The monoisotopic (exact) mass is 420 g/mol. The van der Waals surface area contributed by atoms with Crippen LogP contribution in [0.25, 0.3) is 6.08 Å². The molecule has 1 heterocycles. The number of para-hydroxylation sites is 2. The van der Waals surface area contributed by atoms with Gasteiger partial charge in [0.1, 0.15) is 0 Å². The summed E-state index contributed by atoms with van der Waals surface area (Å²) in [4.78, 5) is 12.7. The fourth-order valence-electron chi connectivity index (χ4n) is 3.10. The summed E-state index contributed by atoms with van der Waals surface area (Å²) in [5.41, 5.74) is 5.38. The van der Waals surface area contributed by atoms with Crippen molar-refractivity contribution in [2.45, 2.75) is 6.42 Å². The summed E-state index contributed by atoms with van der Waals surface area (Å²) in [7, 11) is 0. The maximum Gasteiger partial charge on any atom is 0.262 e. The second-order valence-corrected chi connectivity index (χ2v) is 7.10. The largest absolute Gasteiger partial charge is 0.489 e. The Hall–Kier alpha value is -3.44. The summed E-state index contributed by atoms with van der Waals surface area (Å²) >= 11 is 6.33. The molecule has 1 aliphatic rings. The molecule has 1 N–H and O–H groups in total. The van der Waals surface area contributed by atoms with Crippen molar-refractivity contribution in [2.75, 3.05) is 18.2 Å². The maximum atomic E-state index is 12.7. The lowest BCUT2D eigenvalue weighted by Gasteiger charge is -2.24. The van der Waals surface area contributed by atoms with Gasteiger partial charge in [-0.05, 0) is 48.0 Å². The summed E-state index contributed by atoms with van der Waals surface area (Å²) in [5.74, 6) is 0.872. The Labute approximate surface area is 180 Å². The highest BCUT2D eigenvalue weighted by atomic mass is 35.5. The number of rotatable bonds is 5. The SMILES string of the molecule is O=C(/C=C/c1cc(Cl)c2c(c1)OCCCO2)NN(c1ccccc1)c1ccccc1. The number of hydrazine groups is 1. The highest BCUT2D eigenvalue weighted by molar-refractivity contribution is 6.32. The van der Waals surface area contributed by atoms with Gasteiger partial charge in [0.05, 0.1) is 29.6 Å². The van der Waals surface area contributed by atoms with Gasteiger partial charge in [-0.25, -0.2) is 0 Å². The van der Waals surface area contributed by atoms with E-state index in [0.29, 0.717) is 29.7 Å². The zero-order chi connectivity index (χ0) is 20.8. The van der Waals surface area contributed by atoms with Gasteiger partial charge >= 0.3 is 0 Å². The molecule has 3 aromatic carbocycles. The van der Waals surface area contributed by atoms with Crippen LogP contribution in [0.3, 0.4) is 0 Å². The molecular weight excluding hydrogens is 400 g/mol. The number of amides is 1. The van der Waals surface area contributed by atoms with Crippen LogP contribution in [0.1, 0.15) is 12.0 Å². The van der Waals surface area contributed by atoms with Crippen LogP contribution in [0.4, 0.5) is 11.4 Å². The number of anilines is 2. The number of benzene rings is 3. The molecular formula is C24H21ClN2O3. The van der Waals surface area contributed by atoms with E-state index in [-0.39, 0.29) is 5.91 Å². The molecule has 0 atom stereocenters. The number of nitrogens with one attached hydrogen (secondary N) is 1. The predicted octanol–water partition coefficient (Wildman–Crippen LogP) is 5.38. The number of fused-ring (bicyclic) bond motifs is 1. The van der Waals surface area contributed by atoms with Crippen LogP contribution in [0.2, 0.25) is 5.02 Å². The number of ether oxygens (including phenoxy) is 2. The molecule has 1 amide bonds. The first-order valence-electron chi connectivity index (χ1n) is 9.69. The van der Waals surface area contributed by atoms with E-state index in [0.717, 1.165) is 23.4 Å². The Balaban J connectivity index is 1.53. The molecule has 0 fully saturated rings. The smallest absolute Gasteiger partial charge is 0.262 e. The van der Waals surface area contributed by atoms with Gasteiger partial charge in [-0.15, -0.1) is 0 Å². The van der Waals surface area contributed by atoms with Gasteiger partial charge in [0, 0.05) is 12.5 Å². The van der Waals surface area contributed by atoms with E-state index in [1.54, 1.807) is 17.2 Å². The van der Waals surface area contributed by atoms with Crippen molar-refractivity contribution in [1.29, 1.82) is 0 Å². The molecule has 0 radical (unpaired) electrons. The summed E-state index contributed by atoms with van der Waals surface area (Å²) in [6.45, 7) is 1.14. The van der Waals surface area contributed by atoms with Crippen LogP contribution in [0.5, 0.6) is 11.5 Å². The fraction of sp³-hybridized carbons (Fsp3) is 0.125. The summed E-state index contributed by atoms with van der Waals surface area (Å²) in [6, 6.07) is 22.9. The van der Waals surface area contributed by atoms with E-state index in [2.05, 4.69) is 5.43 Å².